The zero-order valence-electron chi connectivity index (χ0n) is 19.1. The van der Waals surface area contributed by atoms with E-state index in [9.17, 15) is 15.0 Å². The molecule has 0 bridgehead atoms. The molecule has 0 fully saturated rings. The molecule has 2 rings (SSSR count). The van der Waals surface area contributed by atoms with Gasteiger partial charge in [-0.25, -0.2) is 4.79 Å². The first-order valence-corrected chi connectivity index (χ1v) is 11.7. The molecule has 0 aliphatic carbocycles. The van der Waals surface area contributed by atoms with Crippen molar-refractivity contribution in [1.29, 1.82) is 0 Å². The van der Waals surface area contributed by atoms with Gasteiger partial charge in [0.25, 0.3) is 0 Å². The molecule has 0 atom stereocenters. The second-order valence-electron chi connectivity index (χ2n) is 7.81. The van der Waals surface area contributed by atoms with Crippen molar-refractivity contribution in [1.82, 2.24) is 0 Å². The zero-order valence-corrected chi connectivity index (χ0v) is 19.1. The van der Waals surface area contributed by atoms with Gasteiger partial charge < -0.3 is 24.4 Å². The van der Waals surface area contributed by atoms with Crippen LogP contribution in [0.1, 0.15) is 75.1 Å². The van der Waals surface area contributed by atoms with Crippen LogP contribution in [0.3, 0.4) is 0 Å². The van der Waals surface area contributed by atoms with E-state index in [1.54, 1.807) is 36.4 Å². The maximum absolute atomic E-state index is 11.6. The minimum atomic E-state index is -1.04. The summed E-state index contributed by atoms with van der Waals surface area (Å²) in [7, 11) is 0. The predicted octanol–water partition coefficient (Wildman–Crippen LogP) is 6.46. The first kappa shape index (κ1) is 25.4. The van der Waals surface area contributed by atoms with E-state index in [2.05, 4.69) is 6.92 Å². The number of carboxylic acid groups (broad SMARTS) is 1. The van der Waals surface area contributed by atoms with Crippen LogP contribution in [-0.2, 0) is 0 Å². The van der Waals surface area contributed by atoms with Crippen LogP contribution in [0.5, 0.6) is 23.0 Å². The number of rotatable bonds is 17. The summed E-state index contributed by atoms with van der Waals surface area (Å²) in [6.45, 7) is 3.48. The van der Waals surface area contributed by atoms with Gasteiger partial charge in [0.1, 0.15) is 17.1 Å². The zero-order chi connectivity index (χ0) is 23.0. The van der Waals surface area contributed by atoms with Gasteiger partial charge in [-0.1, -0.05) is 57.9 Å². The number of aromatic hydroxyl groups is 1. The number of ether oxygens (including phenoxy) is 3. The third kappa shape index (κ3) is 9.50. The molecule has 0 aromatic heterocycles. The van der Waals surface area contributed by atoms with Crippen LogP contribution >= 0.6 is 0 Å². The Kier molecular flexibility index (Phi) is 11.9. The van der Waals surface area contributed by atoms with Crippen LogP contribution in [0.25, 0.3) is 0 Å². The minimum absolute atomic E-state index is 0.0953. The summed E-state index contributed by atoms with van der Waals surface area (Å²) >= 11 is 0. The van der Waals surface area contributed by atoms with Crippen LogP contribution < -0.4 is 14.2 Å². The molecule has 0 heterocycles. The summed E-state index contributed by atoms with van der Waals surface area (Å²) in [4.78, 5) is 11.6. The smallest absolute Gasteiger partial charge is 0.339 e. The number of benzene rings is 2. The van der Waals surface area contributed by atoms with Crippen LogP contribution in [-0.4, -0.2) is 36.0 Å². The lowest BCUT2D eigenvalue weighted by Crippen LogP contribution is -2.10. The summed E-state index contributed by atoms with van der Waals surface area (Å²) in [5.41, 5.74) is 0.0953. The number of aromatic carboxylic acids is 1. The number of hydrogen-bond donors (Lipinski definition) is 2. The maximum Gasteiger partial charge on any atom is 0.339 e. The Morgan fingerprint density at radius 2 is 1.38 bits per heavy atom. The van der Waals surface area contributed by atoms with Gasteiger partial charge in [-0.3, -0.25) is 0 Å². The van der Waals surface area contributed by atoms with E-state index in [1.807, 2.05) is 0 Å². The lowest BCUT2D eigenvalue weighted by Gasteiger charge is -2.15. The van der Waals surface area contributed by atoms with Gasteiger partial charge in [-0.15, -0.1) is 0 Å². The average Bonchev–Trinajstić information content (AvgIpc) is 2.79. The molecule has 176 valence electrons. The fraction of sp³-hybridized carbons (Fsp3) is 0.500. The summed E-state index contributed by atoms with van der Waals surface area (Å²) in [5.74, 6) is 0.531. The molecule has 0 spiro atoms. The minimum Gasteiger partial charge on any atom is -0.508 e. The Bertz CT molecular complexity index is 787. The van der Waals surface area contributed by atoms with Crippen molar-refractivity contribution >= 4 is 5.97 Å². The molecule has 0 saturated heterocycles. The molecule has 0 radical (unpaired) electrons. The first-order valence-electron chi connectivity index (χ1n) is 11.7. The quantitative estimate of drug-likeness (QED) is 0.272. The van der Waals surface area contributed by atoms with Crippen molar-refractivity contribution in [2.75, 3.05) is 19.8 Å². The molecule has 0 amide bonds. The monoisotopic (exact) mass is 444 g/mol. The van der Waals surface area contributed by atoms with E-state index in [0.717, 1.165) is 12.8 Å². The number of para-hydroxylation sites is 1. The van der Waals surface area contributed by atoms with Gasteiger partial charge in [0.15, 0.2) is 11.5 Å². The van der Waals surface area contributed by atoms with Crippen LogP contribution in [0.4, 0.5) is 0 Å². The maximum atomic E-state index is 11.6. The van der Waals surface area contributed by atoms with E-state index in [-0.39, 0.29) is 17.1 Å². The molecule has 6 heteroatoms. The van der Waals surface area contributed by atoms with Crippen LogP contribution in [0, 0.1) is 0 Å². The number of carbonyl (C=O) groups is 1. The summed E-state index contributed by atoms with van der Waals surface area (Å²) in [6, 6.07) is 11.4. The molecule has 2 aromatic rings. The summed E-state index contributed by atoms with van der Waals surface area (Å²) in [5, 5.41) is 18.8. The molecule has 2 N–H and O–H groups in total. The standard InChI is InChI=1S/C26H36O6/c1-2-3-4-5-6-7-8-9-18-31-24-13-10-12-23(26(28)29)25(24)32-20-11-19-30-22-16-14-21(27)15-17-22/h10,12-17,27H,2-9,11,18-20H2,1H3,(H,28,29). The van der Waals surface area contributed by atoms with Gasteiger partial charge in [0.05, 0.1) is 19.8 Å². The van der Waals surface area contributed by atoms with Crippen LogP contribution in [0.15, 0.2) is 42.5 Å². The number of carboxylic acids is 1. The molecule has 6 nitrogen and oxygen atoms in total. The van der Waals surface area contributed by atoms with Crippen molar-refractivity contribution in [3.05, 3.63) is 48.0 Å². The Labute approximate surface area is 191 Å². The molecule has 0 aliphatic heterocycles. The number of hydrogen-bond acceptors (Lipinski definition) is 5. The van der Waals surface area contributed by atoms with Gasteiger partial charge in [0.2, 0.25) is 0 Å². The lowest BCUT2D eigenvalue weighted by atomic mass is 10.1. The molecule has 32 heavy (non-hydrogen) atoms. The highest BCUT2D eigenvalue weighted by Crippen LogP contribution is 2.32. The Balaban J connectivity index is 1.75. The molecular weight excluding hydrogens is 408 g/mol. The largest absolute Gasteiger partial charge is 0.508 e. The second kappa shape index (κ2) is 15.0. The van der Waals surface area contributed by atoms with Crippen LogP contribution in [0.2, 0.25) is 0 Å². The fourth-order valence-corrected chi connectivity index (χ4v) is 3.33. The normalized spacial score (nSPS) is 10.7. The summed E-state index contributed by atoms with van der Waals surface area (Å²) in [6.07, 6.45) is 10.3. The van der Waals surface area contributed by atoms with E-state index in [4.69, 9.17) is 14.2 Å². The van der Waals surface area contributed by atoms with Gasteiger partial charge in [0, 0.05) is 6.42 Å². The Morgan fingerprint density at radius 3 is 2.06 bits per heavy atom. The third-order valence-electron chi connectivity index (χ3n) is 5.11. The van der Waals surface area contributed by atoms with Gasteiger partial charge in [-0.2, -0.15) is 0 Å². The number of phenolic OH excluding ortho intramolecular Hbond substituents is 1. The first-order chi connectivity index (χ1) is 15.6. The lowest BCUT2D eigenvalue weighted by molar-refractivity contribution is 0.0690. The van der Waals surface area contributed by atoms with Crippen molar-refractivity contribution in [2.45, 2.75) is 64.7 Å². The molecule has 0 aliphatic rings. The highest BCUT2D eigenvalue weighted by Gasteiger charge is 2.16. The van der Waals surface area contributed by atoms with Crippen molar-refractivity contribution < 1.29 is 29.2 Å². The predicted molar refractivity (Wildman–Crippen MR) is 125 cm³/mol. The molecule has 0 saturated carbocycles. The summed E-state index contributed by atoms with van der Waals surface area (Å²) < 4.78 is 17.3. The van der Waals surface area contributed by atoms with E-state index in [0.29, 0.717) is 37.7 Å². The van der Waals surface area contributed by atoms with Crippen molar-refractivity contribution in [3.63, 3.8) is 0 Å². The SMILES string of the molecule is CCCCCCCCCCOc1cccc(C(=O)O)c1OCCCOc1ccc(O)cc1. The number of phenols is 1. The van der Waals surface area contributed by atoms with Gasteiger partial charge in [-0.05, 0) is 42.8 Å². The second-order valence-corrected chi connectivity index (χ2v) is 7.81. The number of unbranched alkanes of at least 4 members (excludes halogenated alkanes) is 7. The average molecular weight is 445 g/mol. The molecular formula is C26H36O6. The third-order valence-corrected chi connectivity index (χ3v) is 5.11. The Morgan fingerprint density at radius 1 is 0.750 bits per heavy atom. The molecule has 2 aromatic carbocycles. The van der Waals surface area contributed by atoms with Gasteiger partial charge >= 0.3 is 5.97 Å². The fourth-order valence-electron chi connectivity index (χ4n) is 3.33. The highest BCUT2D eigenvalue weighted by atomic mass is 16.5. The Hall–Kier alpha value is -2.89. The highest BCUT2D eigenvalue weighted by molar-refractivity contribution is 5.92. The van der Waals surface area contributed by atoms with E-state index < -0.39 is 5.97 Å². The van der Waals surface area contributed by atoms with E-state index in [1.165, 1.54) is 44.6 Å². The van der Waals surface area contributed by atoms with E-state index >= 15 is 0 Å². The molecule has 0 unspecified atom stereocenters. The topological polar surface area (TPSA) is 85.2 Å². The van der Waals surface area contributed by atoms with Crippen molar-refractivity contribution in [2.24, 2.45) is 0 Å². The van der Waals surface area contributed by atoms with Crippen molar-refractivity contribution in [3.8, 4) is 23.0 Å².